The SMILES string of the molecule is CCCCCCCCCCCCCCOCCOCCOCCO. The van der Waals surface area contributed by atoms with Gasteiger partial charge < -0.3 is 19.3 Å². The summed E-state index contributed by atoms with van der Waals surface area (Å²) < 4.78 is 16.0. The topological polar surface area (TPSA) is 47.9 Å². The van der Waals surface area contributed by atoms with Crippen LogP contribution >= 0.6 is 0 Å². The van der Waals surface area contributed by atoms with Crippen LogP contribution in [0.4, 0.5) is 0 Å². The molecule has 0 aromatic rings. The number of aliphatic hydroxyl groups is 1. The van der Waals surface area contributed by atoms with Crippen molar-refractivity contribution < 1.29 is 19.3 Å². The van der Waals surface area contributed by atoms with Gasteiger partial charge in [0.1, 0.15) is 0 Å². The first-order chi connectivity index (χ1) is 11.9. The molecule has 4 nitrogen and oxygen atoms in total. The quantitative estimate of drug-likeness (QED) is 0.305. The fourth-order valence-electron chi connectivity index (χ4n) is 2.65. The molecule has 0 rings (SSSR count). The lowest BCUT2D eigenvalue weighted by Crippen LogP contribution is -2.11. The van der Waals surface area contributed by atoms with E-state index in [1.165, 1.54) is 70.6 Å². The lowest BCUT2D eigenvalue weighted by molar-refractivity contribution is 0.00719. The highest BCUT2D eigenvalue weighted by atomic mass is 16.5. The molecule has 0 saturated carbocycles. The van der Waals surface area contributed by atoms with E-state index in [-0.39, 0.29) is 6.61 Å². The van der Waals surface area contributed by atoms with Gasteiger partial charge in [0.2, 0.25) is 0 Å². The molecule has 0 fully saturated rings. The highest BCUT2D eigenvalue weighted by molar-refractivity contribution is 4.48. The van der Waals surface area contributed by atoms with E-state index in [0.717, 1.165) is 13.0 Å². The van der Waals surface area contributed by atoms with Gasteiger partial charge in [0.15, 0.2) is 0 Å². The van der Waals surface area contributed by atoms with Crippen LogP contribution in [0.5, 0.6) is 0 Å². The molecule has 0 saturated heterocycles. The van der Waals surface area contributed by atoms with Gasteiger partial charge in [-0.25, -0.2) is 0 Å². The lowest BCUT2D eigenvalue weighted by Gasteiger charge is -2.06. The van der Waals surface area contributed by atoms with E-state index in [4.69, 9.17) is 19.3 Å². The second-order valence-corrected chi connectivity index (χ2v) is 6.45. The zero-order chi connectivity index (χ0) is 17.6. The van der Waals surface area contributed by atoms with E-state index in [0.29, 0.717) is 33.0 Å². The van der Waals surface area contributed by atoms with Gasteiger partial charge >= 0.3 is 0 Å². The third-order valence-electron chi connectivity index (χ3n) is 4.12. The summed E-state index contributed by atoms with van der Waals surface area (Å²) in [7, 11) is 0. The number of hydrogen-bond acceptors (Lipinski definition) is 4. The number of aliphatic hydroxyl groups excluding tert-OH is 1. The monoisotopic (exact) mass is 346 g/mol. The predicted octanol–water partition coefficient (Wildman–Crippen LogP) is 4.73. The van der Waals surface area contributed by atoms with Gasteiger partial charge in [-0.15, -0.1) is 0 Å². The van der Waals surface area contributed by atoms with Gasteiger partial charge in [0, 0.05) is 6.61 Å². The Morgan fingerprint density at radius 2 is 0.833 bits per heavy atom. The smallest absolute Gasteiger partial charge is 0.0701 e. The van der Waals surface area contributed by atoms with Crippen LogP contribution in [0.25, 0.3) is 0 Å². The Kier molecular flexibility index (Phi) is 22.7. The van der Waals surface area contributed by atoms with Crippen molar-refractivity contribution in [2.75, 3.05) is 46.2 Å². The van der Waals surface area contributed by atoms with E-state index < -0.39 is 0 Å². The minimum atomic E-state index is 0.0716. The van der Waals surface area contributed by atoms with Crippen molar-refractivity contribution in [1.29, 1.82) is 0 Å². The average Bonchev–Trinajstić information content (AvgIpc) is 2.60. The Labute approximate surface area is 150 Å². The summed E-state index contributed by atoms with van der Waals surface area (Å²) in [6.07, 6.45) is 16.5. The van der Waals surface area contributed by atoms with Gasteiger partial charge in [0.25, 0.3) is 0 Å². The molecule has 0 heterocycles. The van der Waals surface area contributed by atoms with Crippen LogP contribution in [0.2, 0.25) is 0 Å². The molecule has 0 bridgehead atoms. The van der Waals surface area contributed by atoms with E-state index in [1.54, 1.807) is 0 Å². The van der Waals surface area contributed by atoms with Crippen molar-refractivity contribution >= 4 is 0 Å². The van der Waals surface area contributed by atoms with E-state index >= 15 is 0 Å². The molecular formula is C20H42O4. The molecule has 0 amide bonds. The van der Waals surface area contributed by atoms with E-state index in [2.05, 4.69) is 6.92 Å². The van der Waals surface area contributed by atoms with E-state index in [1.807, 2.05) is 0 Å². The lowest BCUT2D eigenvalue weighted by atomic mass is 10.1. The summed E-state index contributed by atoms with van der Waals surface area (Å²) in [5.74, 6) is 0. The number of ether oxygens (including phenoxy) is 3. The molecule has 0 atom stereocenters. The van der Waals surface area contributed by atoms with Crippen molar-refractivity contribution in [3.05, 3.63) is 0 Å². The highest BCUT2D eigenvalue weighted by Crippen LogP contribution is 2.11. The minimum Gasteiger partial charge on any atom is -0.394 e. The van der Waals surface area contributed by atoms with Crippen LogP contribution in [-0.2, 0) is 14.2 Å². The normalized spacial score (nSPS) is 11.2. The third kappa shape index (κ3) is 21.8. The maximum atomic E-state index is 8.53. The highest BCUT2D eigenvalue weighted by Gasteiger charge is 1.94. The zero-order valence-corrected chi connectivity index (χ0v) is 16.1. The van der Waals surface area contributed by atoms with Gasteiger partial charge in [-0.1, -0.05) is 77.6 Å². The summed E-state index contributed by atoms with van der Waals surface area (Å²) in [6, 6.07) is 0. The maximum absolute atomic E-state index is 8.53. The summed E-state index contributed by atoms with van der Waals surface area (Å²) in [5.41, 5.74) is 0. The molecule has 24 heavy (non-hydrogen) atoms. The van der Waals surface area contributed by atoms with Crippen molar-refractivity contribution in [1.82, 2.24) is 0 Å². The largest absolute Gasteiger partial charge is 0.394 e. The molecule has 0 unspecified atom stereocenters. The molecule has 0 aliphatic carbocycles. The summed E-state index contributed by atoms with van der Waals surface area (Å²) in [5, 5.41) is 8.53. The molecular weight excluding hydrogens is 304 g/mol. The van der Waals surface area contributed by atoms with Gasteiger partial charge in [0.05, 0.1) is 39.6 Å². The second-order valence-electron chi connectivity index (χ2n) is 6.45. The number of unbranched alkanes of at least 4 members (excludes halogenated alkanes) is 11. The van der Waals surface area contributed by atoms with Crippen LogP contribution in [0.15, 0.2) is 0 Å². The minimum absolute atomic E-state index is 0.0716. The van der Waals surface area contributed by atoms with Gasteiger partial charge in [-0.05, 0) is 6.42 Å². The first-order valence-electron chi connectivity index (χ1n) is 10.3. The van der Waals surface area contributed by atoms with Gasteiger partial charge in [-0.2, -0.15) is 0 Å². The van der Waals surface area contributed by atoms with E-state index in [9.17, 15) is 0 Å². The van der Waals surface area contributed by atoms with Crippen LogP contribution in [0, 0.1) is 0 Å². The third-order valence-corrected chi connectivity index (χ3v) is 4.12. The van der Waals surface area contributed by atoms with Crippen molar-refractivity contribution in [3.8, 4) is 0 Å². The Morgan fingerprint density at radius 3 is 1.29 bits per heavy atom. The molecule has 0 aromatic heterocycles. The fraction of sp³-hybridized carbons (Fsp3) is 1.00. The van der Waals surface area contributed by atoms with Crippen LogP contribution in [0.1, 0.15) is 84.0 Å². The molecule has 146 valence electrons. The van der Waals surface area contributed by atoms with Crippen LogP contribution < -0.4 is 0 Å². The van der Waals surface area contributed by atoms with Crippen molar-refractivity contribution in [2.45, 2.75) is 84.0 Å². The Morgan fingerprint density at radius 1 is 0.458 bits per heavy atom. The Bertz CT molecular complexity index is 190. The predicted molar refractivity (Wildman–Crippen MR) is 101 cm³/mol. The molecule has 0 spiro atoms. The molecule has 4 heteroatoms. The number of rotatable bonds is 21. The van der Waals surface area contributed by atoms with Crippen molar-refractivity contribution in [2.24, 2.45) is 0 Å². The maximum Gasteiger partial charge on any atom is 0.0701 e. The van der Waals surface area contributed by atoms with Crippen LogP contribution in [-0.4, -0.2) is 51.4 Å². The molecule has 0 aromatic carbocycles. The molecule has 1 N–H and O–H groups in total. The number of hydrogen-bond donors (Lipinski definition) is 1. The summed E-state index contributed by atoms with van der Waals surface area (Å²) in [6.45, 7) is 5.99. The summed E-state index contributed by atoms with van der Waals surface area (Å²) in [4.78, 5) is 0. The van der Waals surface area contributed by atoms with Crippen LogP contribution in [0.3, 0.4) is 0 Å². The molecule has 0 radical (unpaired) electrons. The van der Waals surface area contributed by atoms with Crippen molar-refractivity contribution in [3.63, 3.8) is 0 Å². The Hall–Kier alpha value is -0.160. The first-order valence-corrected chi connectivity index (χ1v) is 10.3. The zero-order valence-electron chi connectivity index (χ0n) is 16.1. The summed E-state index contributed by atoms with van der Waals surface area (Å²) >= 11 is 0. The first kappa shape index (κ1) is 23.8. The average molecular weight is 347 g/mol. The molecule has 0 aliphatic rings. The standard InChI is InChI=1S/C20H42O4/c1-2-3-4-5-6-7-8-9-10-11-12-13-15-22-17-19-24-20-18-23-16-14-21/h21H,2-20H2,1H3. The molecule has 0 aliphatic heterocycles. The van der Waals surface area contributed by atoms with Gasteiger partial charge in [-0.3, -0.25) is 0 Å². The second kappa shape index (κ2) is 22.8. The Balaban J connectivity index is 2.93. The fourth-order valence-corrected chi connectivity index (χ4v) is 2.65.